The molecule has 0 rings (SSSR count). The number of halogens is 2. The Morgan fingerprint density at radius 3 is 2.64 bits per heavy atom. The highest BCUT2D eigenvalue weighted by atomic mass is 35.5. The number of nitrogens with zero attached hydrogens (tertiary/aromatic N) is 1. The predicted molar refractivity (Wildman–Crippen MR) is 43.4 cm³/mol. The molecule has 2 nitrogen and oxygen atoms in total. The molecule has 0 radical (unpaired) electrons. The lowest BCUT2D eigenvalue weighted by molar-refractivity contribution is -0.108. The Labute approximate surface area is 69.1 Å². The Balaban J connectivity index is 4.45. The van der Waals surface area contributed by atoms with Crippen molar-refractivity contribution in [3.8, 4) is 0 Å². The third kappa shape index (κ3) is 4.44. The lowest BCUT2D eigenvalue weighted by Crippen LogP contribution is -1.87. The molecule has 0 atom stereocenters. The molecule has 0 fully saturated rings. The summed E-state index contributed by atoms with van der Waals surface area (Å²) in [7, 11) is 0. The van der Waals surface area contributed by atoms with Crippen molar-refractivity contribution < 1.29 is 9.18 Å². The third-order valence-corrected chi connectivity index (χ3v) is 1.05. The highest BCUT2D eigenvalue weighted by molar-refractivity contribution is 6.68. The number of carbonyl (C=O) groups is 1. The van der Waals surface area contributed by atoms with Crippen molar-refractivity contribution in [2.45, 2.75) is 6.92 Å². The minimum atomic E-state index is -0.732. The Morgan fingerprint density at radius 2 is 2.27 bits per heavy atom. The Bertz CT molecular complexity index is 220. The molecule has 0 spiro atoms. The van der Waals surface area contributed by atoms with E-state index < -0.39 is 5.24 Å². The number of hydrogen-bond acceptors (Lipinski definition) is 2. The van der Waals surface area contributed by atoms with Gasteiger partial charge in [-0.2, -0.15) is 0 Å². The fraction of sp³-hybridized carbons (Fsp3) is 0.143. The normalized spacial score (nSPS) is 13.2. The molecule has 0 N–H and O–H groups in total. The maximum Gasteiger partial charge on any atom is 0.254 e. The molecule has 0 aromatic heterocycles. The van der Waals surface area contributed by atoms with E-state index in [9.17, 15) is 9.18 Å². The molecule has 0 aliphatic carbocycles. The van der Waals surface area contributed by atoms with Crippen molar-refractivity contribution in [3.63, 3.8) is 0 Å². The van der Waals surface area contributed by atoms with Gasteiger partial charge in [0.15, 0.2) is 0 Å². The van der Waals surface area contributed by atoms with Gasteiger partial charge in [0.2, 0.25) is 0 Å². The van der Waals surface area contributed by atoms with Crippen molar-refractivity contribution in [2.24, 2.45) is 4.99 Å². The monoisotopic (exact) mass is 175 g/mol. The minimum Gasteiger partial charge on any atom is -0.276 e. The van der Waals surface area contributed by atoms with Crippen LogP contribution in [0.3, 0.4) is 0 Å². The molecule has 4 heteroatoms. The maximum absolute atomic E-state index is 11.5. The second-order valence-corrected chi connectivity index (χ2v) is 1.90. The predicted octanol–water partition coefficient (Wildman–Crippen LogP) is 2.21. The van der Waals surface area contributed by atoms with E-state index in [-0.39, 0.29) is 11.9 Å². The zero-order chi connectivity index (χ0) is 8.69. The Kier molecular flexibility index (Phi) is 5.29. The zero-order valence-corrected chi connectivity index (χ0v) is 6.68. The molecular formula is C7H7ClFNO. The van der Waals surface area contributed by atoms with Crippen LogP contribution in [-0.4, -0.2) is 11.5 Å². The molecule has 0 saturated carbocycles. The van der Waals surface area contributed by atoms with Crippen LogP contribution in [0, 0.1) is 0 Å². The number of carbonyl (C=O) groups excluding carboxylic acids is 1. The van der Waals surface area contributed by atoms with Gasteiger partial charge in [-0.05, 0) is 24.6 Å². The van der Waals surface area contributed by atoms with Gasteiger partial charge in [-0.25, -0.2) is 4.39 Å². The molecule has 0 aliphatic rings. The van der Waals surface area contributed by atoms with Gasteiger partial charge in [0, 0.05) is 12.4 Å². The van der Waals surface area contributed by atoms with Crippen LogP contribution in [0.5, 0.6) is 0 Å². The molecule has 0 aliphatic heterocycles. The van der Waals surface area contributed by atoms with Crippen molar-refractivity contribution in [1.29, 1.82) is 0 Å². The SMILES string of the molecule is CC=N/C=C(\C=C\F)C(=O)Cl. The van der Waals surface area contributed by atoms with E-state index in [0.29, 0.717) is 0 Å². The number of rotatable bonds is 3. The van der Waals surface area contributed by atoms with E-state index in [1.807, 2.05) is 0 Å². The number of aliphatic imine (C=N–C) groups is 1. The summed E-state index contributed by atoms with van der Waals surface area (Å²) in [4.78, 5) is 14.0. The smallest absolute Gasteiger partial charge is 0.254 e. The lowest BCUT2D eigenvalue weighted by atomic mass is 10.3. The standard InChI is InChI=1S/C7H7ClFNO/c1-2-10-5-6(3-4-9)7(8)11/h2-5H,1H3/b4-3+,6-5+,10-2?. The van der Waals surface area contributed by atoms with Gasteiger partial charge >= 0.3 is 0 Å². The summed E-state index contributed by atoms with van der Waals surface area (Å²) in [6.07, 6.45) is 3.83. The molecule has 0 aromatic carbocycles. The first-order valence-corrected chi connectivity index (χ1v) is 3.24. The van der Waals surface area contributed by atoms with Crippen LogP contribution in [0.4, 0.5) is 4.39 Å². The fourth-order valence-electron chi connectivity index (χ4n) is 0.382. The Hall–Kier alpha value is -0.960. The molecule has 0 heterocycles. The Morgan fingerprint density at radius 1 is 1.64 bits per heavy atom. The van der Waals surface area contributed by atoms with Crippen LogP contribution in [0.15, 0.2) is 29.2 Å². The summed E-state index contributed by atoms with van der Waals surface area (Å²) in [5.74, 6) is 0. The summed E-state index contributed by atoms with van der Waals surface area (Å²) in [5, 5.41) is -0.732. The van der Waals surface area contributed by atoms with Gasteiger partial charge < -0.3 is 0 Å². The van der Waals surface area contributed by atoms with E-state index in [4.69, 9.17) is 11.6 Å². The first-order valence-electron chi connectivity index (χ1n) is 2.87. The van der Waals surface area contributed by atoms with Crippen molar-refractivity contribution in [2.75, 3.05) is 0 Å². The summed E-state index contributed by atoms with van der Waals surface area (Å²) < 4.78 is 11.5. The summed E-state index contributed by atoms with van der Waals surface area (Å²) in [6, 6.07) is 0. The van der Waals surface area contributed by atoms with Gasteiger partial charge in [-0.15, -0.1) is 0 Å². The molecule has 0 aromatic rings. The number of allylic oxidation sites excluding steroid dienone is 2. The zero-order valence-electron chi connectivity index (χ0n) is 5.92. The van der Waals surface area contributed by atoms with Crippen LogP contribution in [0.1, 0.15) is 6.92 Å². The van der Waals surface area contributed by atoms with E-state index in [0.717, 1.165) is 6.08 Å². The molecular weight excluding hydrogens is 169 g/mol. The van der Waals surface area contributed by atoms with Crippen LogP contribution in [0.25, 0.3) is 0 Å². The summed E-state index contributed by atoms with van der Waals surface area (Å²) in [6.45, 7) is 1.67. The van der Waals surface area contributed by atoms with Crippen LogP contribution in [-0.2, 0) is 4.79 Å². The third-order valence-electron chi connectivity index (χ3n) is 0.832. The summed E-state index contributed by atoms with van der Waals surface area (Å²) in [5.41, 5.74) is 0.0206. The van der Waals surface area contributed by atoms with Crippen LogP contribution in [0.2, 0.25) is 0 Å². The largest absolute Gasteiger partial charge is 0.276 e. The molecule has 0 amide bonds. The average molecular weight is 176 g/mol. The van der Waals surface area contributed by atoms with Gasteiger partial charge in [0.25, 0.3) is 5.24 Å². The van der Waals surface area contributed by atoms with E-state index >= 15 is 0 Å². The van der Waals surface area contributed by atoms with Crippen molar-refractivity contribution >= 4 is 23.1 Å². The molecule has 0 bridgehead atoms. The van der Waals surface area contributed by atoms with Crippen LogP contribution >= 0.6 is 11.6 Å². The molecule has 11 heavy (non-hydrogen) atoms. The highest BCUT2D eigenvalue weighted by Crippen LogP contribution is 2.02. The van der Waals surface area contributed by atoms with Crippen LogP contribution < -0.4 is 0 Å². The molecule has 0 unspecified atom stereocenters. The topological polar surface area (TPSA) is 29.4 Å². The summed E-state index contributed by atoms with van der Waals surface area (Å²) >= 11 is 5.06. The van der Waals surface area contributed by atoms with E-state index in [2.05, 4.69) is 4.99 Å². The fourth-order valence-corrected chi connectivity index (χ4v) is 0.494. The highest BCUT2D eigenvalue weighted by Gasteiger charge is 1.99. The quantitative estimate of drug-likeness (QED) is 0.280. The number of hydrogen-bond donors (Lipinski definition) is 0. The second-order valence-electron chi connectivity index (χ2n) is 1.56. The van der Waals surface area contributed by atoms with Gasteiger partial charge in [-0.3, -0.25) is 9.79 Å². The van der Waals surface area contributed by atoms with Crippen molar-refractivity contribution in [1.82, 2.24) is 0 Å². The minimum absolute atomic E-state index is 0.0206. The van der Waals surface area contributed by atoms with Gasteiger partial charge in [-0.1, -0.05) is 0 Å². The second kappa shape index (κ2) is 5.80. The maximum atomic E-state index is 11.5. The first-order chi connectivity index (χ1) is 5.22. The lowest BCUT2D eigenvalue weighted by Gasteiger charge is -1.87. The molecule has 60 valence electrons. The van der Waals surface area contributed by atoms with Gasteiger partial charge in [0.05, 0.1) is 11.9 Å². The first kappa shape index (κ1) is 10.0. The van der Waals surface area contributed by atoms with Crippen molar-refractivity contribution in [3.05, 3.63) is 24.2 Å². The molecule has 0 saturated heterocycles. The van der Waals surface area contributed by atoms with Gasteiger partial charge in [0.1, 0.15) is 0 Å². The van der Waals surface area contributed by atoms with E-state index in [1.165, 1.54) is 12.4 Å². The van der Waals surface area contributed by atoms with E-state index in [1.54, 1.807) is 6.92 Å². The average Bonchev–Trinajstić information content (AvgIpc) is 1.97.